The van der Waals surface area contributed by atoms with Gasteiger partial charge in [0.15, 0.2) is 0 Å². The number of para-hydroxylation sites is 1. The quantitative estimate of drug-likeness (QED) is 0.141. The molecule has 0 unspecified atom stereocenters. The van der Waals surface area contributed by atoms with Gasteiger partial charge >= 0.3 is 0 Å². The van der Waals surface area contributed by atoms with Crippen molar-refractivity contribution in [2.75, 3.05) is 19.6 Å². The molecule has 6 nitrogen and oxygen atoms in total. The lowest BCUT2D eigenvalue weighted by Crippen LogP contribution is -2.61. The molecular weight excluding hydrogens is 1210 g/mol. The van der Waals surface area contributed by atoms with Crippen LogP contribution in [0.25, 0.3) is 66.1 Å². The molecule has 16 aromatic rings. The lowest BCUT2D eigenvalue weighted by Gasteiger charge is -2.44. The van der Waals surface area contributed by atoms with Crippen molar-refractivity contribution >= 4 is 158 Å². The summed E-state index contributed by atoms with van der Waals surface area (Å²) in [5.74, 6) is 0. The van der Waals surface area contributed by atoms with Crippen molar-refractivity contribution in [1.82, 2.24) is 0 Å². The first-order chi connectivity index (χ1) is 48.9. The molecule has 20 rings (SSSR count). The summed E-state index contributed by atoms with van der Waals surface area (Å²) < 4.78 is 13.3. The van der Waals surface area contributed by atoms with E-state index < -0.39 is 0 Å². The number of furan rings is 2. The summed E-state index contributed by atoms with van der Waals surface area (Å²) in [6.07, 6.45) is 0.730. The van der Waals surface area contributed by atoms with Gasteiger partial charge in [0, 0.05) is 89.7 Å². The number of anilines is 12. The number of hydrogen-bond acceptors (Lipinski definition) is 6. The Morgan fingerprint density at radius 1 is 0.270 bits per heavy atom. The molecule has 6 heterocycles. The van der Waals surface area contributed by atoms with Crippen LogP contribution in [0.3, 0.4) is 0 Å². The molecule has 0 amide bonds. The molecule has 0 bridgehead atoms. The normalized spacial score (nSPS) is 13.3. The van der Waals surface area contributed by atoms with Crippen LogP contribution in [0, 0.1) is 48.5 Å². The van der Waals surface area contributed by atoms with Gasteiger partial charge in [-0.1, -0.05) is 173 Å². The standard InChI is InChI=1S/C92H68B2N4O2/c1-54-21-33-64(34-22-54)95-79-40-27-58(5)47-74(79)94-76-51-62(30-42-80(76)97(84-17-11-15-82(95)91(84)94)66-37-29-60(7)69(53-66)67-14-10-20-89-90(67)68-13-8-9-19-86(68)100-89)49-61-31-43-87-71(50-61)72-52-63(32-44-88(72)99-87)70-45-56(3)25-38-77(70)98-81-41-28-59(6)48-75(81)93-73-46-57(4)26-39-78(73)96(65-35-23-55(2)24-36-65)83-16-12-18-85(98)92(83)93/h8-48,50-53H,49H2,1-7H3. The molecule has 0 atom stereocenters. The van der Waals surface area contributed by atoms with Crippen LogP contribution in [0.5, 0.6) is 0 Å². The summed E-state index contributed by atoms with van der Waals surface area (Å²) in [5.41, 5.74) is 41.2. The highest BCUT2D eigenvalue weighted by Gasteiger charge is 2.46. The van der Waals surface area contributed by atoms with E-state index in [0.29, 0.717) is 0 Å². The van der Waals surface area contributed by atoms with E-state index in [0.717, 1.165) is 89.7 Å². The number of fused-ring (bicyclic) bond motifs is 14. The minimum absolute atomic E-state index is 0.0409. The van der Waals surface area contributed by atoms with Crippen molar-refractivity contribution in [2.45, 2.75) is 54.9 Å². The summed E-state index contributed by atoms with van der Waals surface area (Å²) in [5, 5.41) is 4.47. The molecule has 0 saturated heterocycles. The van der Waals surface area contributed by atoms with E-state index in [1.165, 1.54) is 134 Å². The van der Waals surface area contributed by atoms with Crippen LogP contribution >= 0.6 is 0 Å². The Hall–Kier alpha value is -12.0. The van der Waals surface area contributed by atoms with Gasteiger partial charge < -0.3 is 28.4 Å². The van der Waals surface area contributed by atoms with E-state index in [2.05, 4.69) is 341 Å². The van der Waals surface area contributed by atoms with Gasteiger partial charge in [-0.25, -0.2) is 0 Å². The molecule has 474 valence electrons. The third-order valence-electron chi connectivity index (χ3n) is 21.9. The van der Waals surface area contributed by atoms with E-state index in [4.69, 9.17) is 8.83 Å². The van der Waals surface area contributed by atoms with E-state index in [9.17, 15) is 0 Å². The van der Waals surface area contributed by atoms with Crippen molar-refractivity contribution in [2.24, 2.45) is 0 Å². The van der Waals surface area contributed by atoms with Gasteiger partial charge in [0.05, 0.1) is 5.69 Å². The highest BCUT2D eigenvalue weighted by molar-refractivity contribution is 7.01. The third kappa shape index (κ3) is 8.85. The average Bonchev–Trinajstić information content (AvgIpc) is 0.840. The van der Waals surface area contributed by atoms with Crippen LogP contribution in [-0.4, -0.2) is 13.4 Å². The molecular formula is C92H68B2N4O2. The van der Waals surface area contributed by atoms with Gasteiger partial charge in [-0.05, 0) is 255 Å². The first kappa shape index (κ1) is 58.2. The summed E-state index contributed by atoms with van der Waals surface area (Å²) in [4.78, 5) is 10.1. The SMILES string of the molecule is Cc1ccc(N2c3ccc(C)cc3B3c4cc(Cc5ccc6oc7ccc(-c8cc(C)ccc8N8c9ccc(C)cc9B9c%10cc(C)ccc%10N(c%10ccc(C)cc%10)c%10cccc8c%109)cc7c6c5)ccc4N(c4ccc(C)c(-c5cccc6oc7ccccc7c56)c4)c4cccc2c43)cc1. The number of hydrogen-bond donors (Lipinski definition) is 0. The van der Waals surface area contributed by atoms with Crippen molar-refractivity contribution < 1.29 is 8.83 Å². The van der Waals surface area contributed by atoms with Gasteiger partial charge in [-0.2, -0.15) is 0 Å². The van der Waals surface area contributed by atoms with Crippen LogP contribution in [0.1, 0.15) is 50.1 Å². The van der Waals surface area contributed by atoms with E-state index in [1.807, 2.05) is 0 Å². The van der Waals surface area contributed by atoms with Gasteiger partial charge in [-0.15, -0.1) is 0 Å². The molecule has 100 heavy (non-hydrogen) atoms. The molecule has 0 fully saturated rings. The van der Waals surface area contributed by atoms with Crippen LogP contribution in [0.2, 0.25) is 0 Å². The lowest BCUT2D eigenvalue weighted by atomic mass is 9.33. The number of benzene rings is 14. The Labute approximate surface area is 583 Å². The minimum atomic E-state index is -0.0409. The highest BCUT2D eigenvalue weighted by Crippen LogP contribution is 2.50. The smallest absolute Gasteiger partial charge is 0.252 e. The minimum Gasteiger partial charge on any atom is -0.456 e. The van der Waals surface area contributed by atoms with Crippen LogP contribution in [0.15, 0.2) is 282 Å². The predicted molar refractivity (Wildman–Crippen MR) is 422 cm³/mol. The third-order valence-corrected chi connectivity index (χ3v) is 21.9. The van der Waals surface area contributed by atoms with Gasteiger partial charge in [0.2, 0.25) is 0 Å². The number of nitrogens with zero attached hydrogens (tertiary/aromatic N) is 4. The zero-order valence-corrected chi connectivity index (χ0v) is 56.9. The van der Waals surface area contributed by atoms with Gasteiger partial charge in [0.25, 0.3) is 13.4 Å². The van der Waals surface area contributed by atoms with Crippen molar-refractivity contribution in [3.63, 3.8) is 0 Å². The van der Waals surface area contributed by atoms with E-state index >= 15 is 0 Å². The first-order valence-corrected chi connectivity index (χ1v) is 35.0. The van der Waals surface area contributed by atoms with E-state index in [1.54, 1.807) is 0 Å². The monoisotopic (exact) mass is 1280 g/mol. The predicted octanol–water partition coefficient (Wildman–Crippen LogP) is 20.7. The summed E-state index contributed by atoms with van der Waals surface area (Å²) in [6, 6.07) is 103. The van der Waals surface area contributed by atoms with Crippen molar-refractivity contribution in [1.29, 1.82) is 0 Å². The van der Waals surface area contributed by atoms with Crippen LogP contribution < -0.4 is 52.4 Å². The zero-order chi connectivity index (χ0) is 66.9. The number of rotatable bonds is 8. The van der Waals surface area contributed by atoms with Crippen LogP contribution in [0.4, 0.5) is 68.2 Å². The number of aryl methyl sites for hydroxylation is 7. The second-order valence-electron chi connectivity index (χ2n) is 28.5. The Morgan fingerprint density at radius 3 is 1.33 bits per heavy atom. The summed E-state index contributed by atoms with van der Waals surface area (Å²) in [6.45, 7) is 15.5. The molecule has 4 aliphatic heterocycles. The Kier molecular flexibility index (Phi) is 12.8. The zero-order valence-electron chi connectivity index (χ0n) is 56.9. The topological polar surface area (TPSA) is 39.2 Å². The first-order valence-electron chi connectivity index (χ1n) is 35.0. The van der Waals surface area contributed by atoms with Gasteiger partial charge in [-0.3, -0.25) is 0 Å². The van der Waals surface area contributed by atoms with Gasteiger partial charge in [0.1, 0.15) is 22.3 Å². The molecule has 0 radical (unpaired) electrons. The molecule has 8 heteroatoms. The maximum atomic E-state index is 6.80. The molecule has 0 N–H and O–H groups in total. The Balaban J connectivity index is 0.715. The molecule has 14 aromatic carbocycles. The van der Waals surface area contributed by atoms with E-state index in [-0.39, 0.29) is 13.4 Å². The molecule has 0 aliphatic carbocycles. The maximum Gasteiger partial charge on any atom is 0.252 e. The second kappa shape index (κ2) is 22.0. The lowest BCUT2D eigenvalue weighted by molar-refractivity contribution is 0.668. The molecule has 0 saturated carbocycles. The Bertz CT molecular complexity index is 6160. The molecule has 4 aliphatic rings. The van der Waals surface area contributed by atoms with Crippen molar-refractivity contribution in [3.05, 3.63) is 323 Å². The summed E-state index contributed by atoms with van der Waals surface area (Å²) >= 11 is 0. The maximum absolute atomic E-state index is 6.80. The summed E-state index contributed by atoms with van der Waals surface area (Å²) in [7, 11) is 0. The second-order valence-corrected chi connectivity index (χ2v) is 28.5. The largest absolute Gasteiger partial charge is 0.456 e. The molecule has 0 spiro atoms. The fraction of sp³-hybridized carbons (Fsp3) is 0.0870. The molecule has 2 aromatic heterocycles. The van der Waals surface area contributed by atoms with Crippen LogP contribution in [-0.2, 0) is 6.42 Å². The van der Waals surface area contributed by atoms with Crippen molar-refractivity contribution in [3.8, 4) is 22.3 Å². The fourth-order valence-electron chi connectivity index (χ4n) is 17.3. The fourth-order valence-corrected chi connectivity index (χ4v) is 17.3. The highest BCUT2D eigenvalue weighted by atomic mass is 16.3. The Morgan fingerprint density at radius 2 is 0.710 bits per heavy atom. The average molecular weight is 1280 g/mol.